The van der Waals surface area contributed by atoms with Crippen LogP contribution in [-0.4, -0.2) is 28.9 Å². The largest absolute Gasteiger partial charge is 0.451 e. The molecule has 1 atom stereocenters. The molecule has 4 aromatic carbocycles. The fourth-order valence-corrected chi connectivity index (χ4v) is 6.27. The lowest BCUT2D eigenvalue weighted by Crippen LogP contribution is -2.46. The van der Waals surface area contributed by atoms with Gasteiger partial charge in [0.1, 0.15) is 0 Å². The molecule has 5 heteroatoms. The van der Waals surface area contributed by atoms with Gasteiger partial charge in [0.05, 0.1) is 0 Å². The van der Waals surface area contributed by atoms with Crippen molar-refractivity contribution < 1.29 is 23.9 Å². The molecular formula is C36H30O5. The molecule has 0 amide bonds. The molecule has 0 saturated carbocycles. The van der Waals surface area contributed by atoms with Crippen LogP contribution >= 0.6 is 0 Å². The standard InChI is InChI=1S/C36H30O5/c1-22(37)36(41-23(2)38)14-13-30-33(21-36)35(40)32-20-29-18-27(16-25-11-7-4-8-12-25)26(15-24-9-5-3-6-10-24)17-28(29)19-31(32)34(30)39/h3-12,17-20H,13-16,21H2,1-2H3. The normalized spacial score (nSPS) is 18.2. The van der Waals surface area contributed by atoms with Gasteiger partial charge < -0.3 is 4.74 Å². The van der Waals surface area contributed by atoms with Crippen molar-refractivity contribution in [3.05, 3.63) is 129 Å². The first-order valence-electron chi connectivity index (χ1n) is 13.9. The maximum Gasteiger partial charge on any atom is 0.303 e. The van der Waals surface area contributed by atoms with Crippen LogP contribution in [-0.2, 0) is 27.2 Å². The van der Waals surface area contributed by atoms with E-state index in [2.05, 4.69) is 36.4 Å². The third-order valence-corrected chi connectivity index (χ3v) is 8.39. The van der Waals surface area contributed by atoms with E-state index in [1.807, 2.05) is 48.5 Å². The van der Waals surface area contributed by atoms with Gasteiger partial charge in [-0.15, -0.1) is 0 Å². The number of benzene rings is 4. The first-order valence-corrected chi connectivity index (χ1v) is 13.9. The van der Waals surface area contributed by atoms with E-state index >= 15 is 0 Å². The number of rotatable bonds is 6. The Kier molecular flexibility index (Phi) is 6.74. The topological polar surface area (TPSA) is 77.5 Å². The average molecular weight is 543 g/mol. The first kappa shape index (κ1) is 26.6. The van der Waals surface area contributed by atoms with Crippen LogP contribution in [0.3, 0.4) is 0 Å². The lowest BCUT2D eigenvalue weighted by atomic mass is 9.70. The Morgan fingerprint density at radius 3 is 1.66 bits per heavy atom. The molecule has 1 unspecified atom stereocenters. The highest BCUT2D eigenvalue weighted by atomic mass is 16.6. The number of ketones is 3. The van der Waals surface area contributed by atoms with Gasteiger partial charge in [-0.1, -0.05) is 72.8 Å². The predicted octanol–water partition coefficient (Wildman–Crippen LogP) is 6.77. The maximum absolute atomic E-state index is 13.9. The molecule has 4 aromatic rings. The Morgan fingerprint density at radius 2 is 1.20 bits per heavy atom. The van der Waals surface area contributed by atoms with E-state index in [9.17, 15) is 19.2 Å². The van der Waals surface area contributed by atoms with Crippen LogP contribution in [0, 0.1) is 0 Å². The zero-order valence-corrected chi connectivity index (χ0v) is 23.2. The van der Waals surface area contributed by atoms with E-state index in [4.69, 9.17) is 4.74 Å². The van der Waals surface area contributed by atoms with Gasteiger partial charge in [0.25, 0.3) is 0 Å². The smallest absolute Gasteiger partial charge is 0.303 e. The summed E-state index contributed by atoms with van der Waals surface area (Å²) >= 11 is 0. The van der Waals surface area contributed by atoms with Crippen molar-refractivity contribution in [1.82, 2.24) is 0 Å². The molecular weight excluding hydrogens is 512 g/mol. The summed E-state index contributed by atoms with van der Waals surface area (Å²) in [5, 5.41) is 1.79. The van der Waals surface area contributed by atoms with Gasteiger partial charge in [-0.3, -0.25) is 19.2 Å². The summed E-state index contributed by atoms with van der Waals surface area (Å²) in [6.45, 7) is 2.62. The van der Waals surface area contributed by atoms with Crippen LogP contribution in [0.4, 0.5) is 0 Å². The molecule has 0 N–H and O–H groups in total. The van der Waals surface area contributed by atoms with Gasteiger partial charge in [-0.2, -0.15) is 0 Å². The number of carbonyl (C=O) groups excluding carboxylic acids is 4. The summed E-state index contributed by atoms with van der Waals surface area (Å²) < 4.78 is 5.48. The molecule has 5 nitrogen and oxygen atoms in total. The summed E-state index contributed by atoms with van der Waals surface area (Å²) in [6, 6.07) is 28.5. The van der Waals surface area contributed by atoms with Gasteiger partial charge >= 0.3 is 5.97 Å². The lowest BCUT2D eigenvalue weighted by Gasteiger charge is -2.37. The lowest BCUT2D eigenvalue weighted by molar-refractivity contribution is -0.166. The molecule has 0 radical (unpaired) electrons. The number of hydrogen-bond acceptors (Lipinski definition) is 5. The van der Waals surface area contributed by atoms with Crippen molar-refractivity contribution in [2.75, 3.05) is 0 Å². The Hall–Kier alpha value is -4.64. The van der Waals surface area contributed by atoms with Crippen LogP contribution in [0.15, 0.2) is 96.1 Å². The molecule has 2 aliphatic rings. The van der Waals surface area contributed by atoms with Crippen molar-refractivity contribution in [3.63, 3.8) is 0 Å². The third kappa shape index (κ3) is 4.93. The molecule has 0 aromatic heterocycles. The van der Waals surface area contributed by atoms with Crippen LogP contribution in [0.5, 0.6) is 0 Å². The third-order valence-electron chi connectivity index (χ3n) is 8.39. The second-order valence-electron chi connectivity index (χ2n) is 11.1. The maximum atomic E-state index is 13.9. The van der Waals surface area contributed by atoms with E-state index < -0.39 is 11.6 Å². The Bertz CT molecular complexity index is 1760. The summed E-state index contributed by atoms with van der Waals surface area (Å²) in [6.07, 6.45) is 1.81. The van der Waals surface area contributed by atoms with Crippen molar-refractivity contribution in [2.24, 2.45) is 0 Å². The zero-order valence-electron chi connectivity index (χ0n) is 23.2. The zero-order chi connectivity index (χ0) is 28.7. The summed E-state index contributed by atoms with van der Waals surface area (Å²) in [5.74, 6) is -1.36. The molecule has 0 fully saturated rings. The molecule has 0 saturated heterocycles. The summed E-state index contributed by atoms with van der Waals surface area (Å²) in [7, 11) is 0. The van der Waals surface area contributed by atoms with Crippen molar-refractivity contribution in [1.29, 1.82) is 0 Å². The fourth-order valence-electron chi connectivity index (χ4n) is 6.27. The van der Waals surface area contributed by atoms with Gasteiger partial charge in [-0.25, -0.2) is 0 Å². The van der Waals surface area contributed by atoms with E-state index in [0.717, 1.165) is 29.2 Å². The average Bonchev–Trinajstić information content (AvgIpc) is 2.96. The van der Waals surface area contributed by atoms with E-state index in [-0.39, 0.29) is 42.2 Å². The van der Waals surface area contributed by atoms with Crippen molar-refractivity contribution >= 4 is 34.1 Å². The number of esters is 1. The van der Waals surface area contributed by atoms with Crippen LogP contribution in [0.2, 0.25) is 0 Å². The first-order chi connectivity index (χ1) is 19.7. The molecule has 6 rings (SSSR count). The molecule has 41 heavy (non-hydrogen) atoms. The highest BCUT2D eigenvalue weighted by Crippen LogP contribution is 2.43. The molecule has 204 valence electrons. The van der Waals surface area contributed by atoms with Crippen LogP contribution in [0.1, 0.15) is 76.1 Å². The number of carbonyl (C=O) groups is 4. The summed E-state index contributed by atoms with van der Waals surface area (Å²) in [4.78, 5) is 52.0. The van der Waals surface area contributed by atoms with Gasteiger partial charge in [0, 0.05) is 35.6 Å². The number of ether oxygens (including phenoxy) is 1. The molecule has 0 bridgehead atoms. The SMILES string of the molecule is CC(=O)OC1(C(C)=O)CCC2=C(C1)C(=O)c1cc3cc(Cc4ccccc4)c(Cc4ccccc4)cc3cc1C2=O. The van der Waals surface area contributed by atoms with Crippen LogP contribution < -0.4 is 0 Å². The number of hydrogen-bond donors (Lipinski definition) is 0. The second-order valence-corrected chi connectivity index (χ2v) is 11.1. The number of Topliss-reactive ketones (excluding diaryl/α,β-unsaturated/α-hetero) is 3. The molecule has 0 spiro atoms. The Morgan fingerprint density at radius 1 is 0.707 bits per heavy atom. The van der Waals surface area contributed by atoms with Crippen LogP contribution in [0.25, 0.3) is 10.8 Å². The van der Waals surface area contributed by atoms with Gasteiger partial charge in [0.15, 0.2) is 23.0 Å². The highest BCUT2D eigenvalue weighted by Gasteiger charge is 2.47. The van der Waals surface area contributed by atoms with E-state index in [1.165, 1.54) is 30.5 Å². The van der Waals surface area contributed by atoms with Crippen molar-refractivity contribution in [3.8, 4) is 0 Å². The quantitative estimate of drug-likeness (QED) is 0.251. The van der Waals surface area contributed by atoms with Gasteiger partial charge in [0.2, 0.25) is 0 Å². The monoisotopic (exact) mass is 542 g/mol. The second kappa shape index (κ2) is 10.4. The van der Waals surface area contributed by atoms with Gasteiger partial charge in [-0.05, 0) is 77.8 Å². The summed E-state index contributed by atoms with van der Waals surface area (Å²) in [5.41, 5.74) is 4.75. The van der Waals surface area contributed by atoms with E-state index in [0.29, 0.717) is 16.7 Å². The van der Waals surface area contributed by atoms with E-state index in [1.54, 1.807) is 0 Å². The van der Waals surface area contributed by atoms with Crippen molar-refractivity contribution in [2.45, 2.75) is 51.6 Å². The highest BCUT2D eigenvalue weighted by molar-refractivity contribution is 6.28. The fraction of sp³-hybridized carbons (Fsp3) is 0.222. The molecule has 0 heterocycles. The molecule has 0 aliphatic heterocycles. The number of allylic oxidation sites excluding steroid dienone is 1. The number of fused-ring (bicyclic) bond motifs is 2. The predicted molar refractivity (Wildman–Crippen MR) is 157 cm³/mol. The molecule has 2 aliphatic carbocycles. The Labute approximate surface area is 238 Å². The Balaban J connectivity index is 1.45. The minimum Gasteiger partial charge on any atom is -0.451 e. The minimum absolute atomic E-state index is 0.0748. The minimum atomic E-state index is -1.41.